The van der Waals surface area contributed by atoms with E-state index in [0.29, 0.717) is 36.0 Å². The summed E-state index contributed by atoms with van der Waals surface area (Å²) in [6.45, 7) is 11.0. The van der Waals surface area contributed by atoms with Crippen LogP contribution in [-0.2, 0) is 19.9 Å². The van der Waals surface area contributed by atoms with Crippen molar-refractivity contribution in [3.05, 3.63) is 69.4 Å². The lowest BCUT2D eigenvalue weighted by Gasteiger charge is -2.37. The largest absolute Gasteiger partial charge is 0.541 e. The molecule has 3 aromatic rings. The molecule has 0 aliphatic heterocycles. The van der Waals surface area contributed by atoms with E-state index in [1.54, 1.807) is 21.3 Å². The van der Waals surface area contributed by atoms with E-state index >= 15 is 0 Å². The zero-order valence-corrected chi connectivity index (χ0v) is 24.2. The molecule has 0 radical (unpaired) electrons. The minimum Gasteiger partial charge on any atom is -0.541 e. The molecule has 0 spiro atoms. The third-order valence-electron chi connectivity index (χ3n) is 7.04. The van der Waals surface area contributed by atoms with E-state index in [1.165, 1.54) is 0 Å². The second kappa shape index (κ2) is 11.2. The Kier molecular flexibility index (Phi) is 8.45. The van der Waals surface area contributed by atoms with Crippen LogP contribution >= 0.6 is 0 Å². The zero-order valence-electron chi connectivity index (χ0n) is 23.2. The summed E-state index contributed by atoms with van der Waals surface area (Å²) in [6.07, 6.45) is 1.07. The van der Waals surface area contributed by atoms with Gasteiger partial charge in [-0.05, 0) is 52.5 Å². The molecule has 3 rings (SSSR count). The molecule has 0 N–H and O–H groups in total. The Balaban J connectivity index is 2.13. The van der Waals surface area contributed by atoms with Crippen molar-refractivity contribution in [2.24, 2.45) is 12.2 Å². The second-order valence-electron chi connectivity index (χ2n) is 10.4. The fourth-order valence-electron chi connectivity index (χ4n) is 3.78. The van der Waals surface area contributed by atoms with Gasteiger partial charge in [0.25, 0.3) is 8.32 Å². The summed E-state index contributed by atoms with van der Waals surface area (Å²) < 4.78 is 25.3. The highest BCUT2D eigenvalue weighted by Gasteiger charge is 2.40. The summed E-state index contributed by atoms with van der Waals surface area (Å²) >= 11 is 0. The van der Waals surface area contributed by atoms with E-state index in [0.717, 1.165) is 28.3 Å². The van der Waals surface area contributed by atoms with Crippen molar-refractivity contribution in [2.75, 3.05) is 21.3 Å². The van der Waals surface area contributed by atoms with Crippen LogP contribution in [0.5, 0.6) is 23.0 Å². The van der Waals surface area contributed by atoms with Crippen molar-refractivity contribution in [3.63, 3.8) is 0 Å². The van der Waals surface area contributed by atoms with Gasteiger partial charge in [0.05, 0.1) is 27.0 Å². The Labute approximate surface area is 220 Å². The van der Waals surface area contributed by atoms with Gasteiger partial charge in [0.1, 0.15) is 5.75 Å². The normalized spacial score (nSPS) is 11.6. The van der Waals surface area contributed by atoms with Crippen LogP contribution in [0.2, 0.25) is 18.1 Å². The van der Waals surface area contributed by atoms with Gasteiger partial charge in [-0.2, -0.15) is 0 Å². The monoisotopic (exact) mass is 523 g/mol. The number of hydrogen-bond donors (Lipinski definition) is 0. The molecule has 0 amide bonds. The van der Waals surface area contributed by atoms with Crippen LogP contribution in [0, 0.1) is 0 Å². The van der Waals surface area contributed by atoms with Crippen LogP contribution < -0.4 is 18.6 Å². The van der Waals surface area contributed by atoms with Gasteiger partial charge in [0.2, 0.25) is 5.75 Å². The van der Waals surface area contributed by atoms with E-state index in [9.17, 15) is 0 Å². The lowest BCUT2D eigenvalue weighted by molar-refractivity contribution is 0.339. The van der Waals surface area contributed by atoms with Crippen LogP contribution in [0.4, 0.5) is 5.95 Å². The third-order valence-corrected chi connectivity index (χ3v) is 11.4. The highest BCUT2D eigenvalue weighted by molar-refractivity contribution is 6.74. The highest BCUT2D eigenvalue weighted by atomic mass is 28.4. The number of hydrogen-bond acceptors (Lipinski definition) is 6. The van der Waals surface area contributed by atoms with Gasteiger partial charge in [-0.3, -0.25) is 0 Å². The number of rotatable bonds is 10. The average molecular weight is 524 g/mol. The summed E-state index contributed by atoms with van der Waals surface area (Å²) in [5.41, 5.74) is 12.9. The first-order valence-corrected chi connectivity index (χ1v) is 15.0. The summed E-state index contributed by atoms with van der Waals surface area (Å²) in [4.78, 5) is 7.65. The average Bonchev–Trinajstić information content (AvgIpc) is 3.13. The van der Waals surface area contributed by atoms with Gasteiger partial charge < -0.3 is 23.2 Å². The van der Waals surface area contributed by atoms with Crippen molar-refractivity contribution in [3.8, 4) is 23.0 Å². The number of imidazole rings is 1. The number of azide groups is 1. The zero-order chi connectivity index (χ0) is 27.4. The molecule has 1 heterocycles. The Hall–Kier alpha value is -3.62. The highest BCUT2D eigenvalue weighted by Crippen LogP contribution is 2.46. The number of methoxy groups -OCH3 is 3. The molecular formula is C27H37N5O4Si. The van der Waals surface area contributed by atoms with Gasteiger partial charge in [0.15, 0.2) is 17.4 Å². The van der Waals surface area contributed by atoms with Crippen molar-refractivity contribution in [1.82, 2.24) is 9.55 Å². The lowest BCUT2D eigenvalue weighted by Crippen LogP contribution is -2.44. The maximum atomic E-state index is 9.10. The lowest BCUT2D eigenvalue weighted by atomic mass is 10.0. The molecule has 0 bridgehead atoms. The Bertz CT molecular complexity index is 1290. The van der Waals surface area contributed by atoms with Gasteiger partial charge in [0, 0.05) is 36.1 Å². The summed E-state index contributed by atoms with van der Waals surface area (Å²) in [5.74, 6) is 2.96. The standard InChI is InChI=1S/C27H37N5O4Si/c1-27(2,3)37(8,9)36-24-19(12-15-23(34-6)25(24)35-7)17-22-21(29-26(30-31-28)32(22)4)16-18-10-13-20(33-5)14-11-18/h10-15H,16-17H2,1-9H3. The number of ether oxygens (including phenoxy) is 3. The minimum atomic E-state index is -2.22. The Morgan fingerprint density at radius 1 is 0.946 bits per heavy atom. The van der Waals surface area contributed by atoms with Crippen LogP contribution in [-0.4, -0.2) is 39.2 Å². The fraction of sp³-hybridized carbons (Fsp3) is 0.444. The smallest absolute Gasteiger partial charge is 0.250 e. The molecule has 2 aromatic carbocycles. The van der Waals surface area contributed by atoms with E-state index in [1.807, 2.05) is 48.0 Å². The molecule has 0 fully saturated rings. The molecule has 9 nitrogen and oxygen atoms in total. The van der Waals surface area contributed by atoms with Crippen molar-refractivity contribution in [1.29, 1.82) is 0 Å². The van der Waals surface area contributed by atoms with Gasteiger partial charge in [-0.1, -0.05) is 39.0 Å². The summed E-state index contributed by atoms with van der Waals surface area (Å²) in [7, 11) is 4.53. The minimum absolute atomic E-state index is 0.0148. The van der Waals surface area contributed by atoms with Gasteiger partial charge in [-0.25, -0.2) is 4.98 Å². The molecule has 0 aliphatic rings. The second-order valence-corrected chi connectivity index (χ2v) is 15.1. The Morgan fingerprint density at radius 2 is 1.62 bits per heavy atom. The van der Waals surface area contributed by atoms with E-state index in [-0.39, 0.29) is 5.04 Å². The first kappa shape index (κ1) is 28.0. The van der Waals surface area contributed by atoms with E-state index < -0.39 is 8.32 Å². The van der Waals surface area contributed by atoms with Crippen molar-refractivity contribution in [2.45, 2.75) is 51.7 Å². The molecule has 1 aromatic heterocycles. The number of benzene rings is 2. The molecular weight excluding hydrogens is 486 g/mol. The summed E-state index contributed by atoms with van der Waals surface area (Å²) in [5, 5.41) is 3.80. The van der Waals surface area contributed by atoms with Crippen LogP contribution in [0.1, 0.15) is 43.3 Å². The number of nitrogens with zero attached hydrogens (tertiary/aromatic N) is 5. The molecule has 0 atom stereocenters. The van der Waals surface area contributed by atoms with Gasteiger partial charge in [-0.15, -0.1) is 0 Å². The van der Waals surface area contributed by atoms with Crippen molar-refractivity contribution < 1.29 is 18.6 Å². The topological polar surface area (TPSA) is 104 Å². The molecule has 0 aliphatic carbocycles. The SMILES string of the molecule is COc1ccc(Cc2nc(N=[N+]=[N-])n(C)c2Cc2ccc(OC)c(OC)c2O[Si](C)(C)C(C)(C)C)cc1. The molecule has 0 saturated carbocycles. The van der Waals surface area contributed by atoms with Crippen LogP contribution in [0.3, 0.4) is 0 Å². The molecule has 10 heteroatoms. The molecule has 198 valence electrons. The predicted molar refractivity (Wildman–Crippen MR) is 148 cm³/mol. The predicted octanol–water partition coefficient (Wildman–Crippen LogP) is 6.95. The maximum absolute atomic E-state index is 9.10. The van der Waals surface area contributed by atoms with Crippen molar-refractivity contribution >= 4 is 14.3 Å². The summed E-state index contributed by atoms with van der Waals surface area (Å²) in [6, 6.07) is 11.7. The quantitative estimate of drug-likeness (QED) is 0.124. The third kappa shape index (κ3) is 6.03. The van der Waals surface area contributed by atoms with Crippen LogP contribution in [0.25, 0.3) is 10.4 Å². The van der Waals surface area contributed by atoms with E-state index in [4.69, 9.17) is 24.2 Å². The van der Waals surface area contributed by atoms with Gasteiger partial charge >= 0.3 is 0 Å². The number of aromatic nitrogens is 2. The Morgan fingerprint density at radius 3 is 2.16 bits per heavy atom. The molecule has 0 unspecified atom stereocenters. The van der Waals surface area contributed by atoms with E-state index in [2.05, 4.69) is 48.9 Å². The maximum Gasteiger partial charge on any atom is 0.250 e. The molecule has 0 saturated heterocycles. The van der Waals surface area contributed by atoms with Crippen LogP contribution in [0.15, 0.2) is 41.5 Å². The first-order valence-electron chi connectivity index (χ1n) is 12.1. The fourth-order valence-corrected chi connectivity index (χ4v) is 4.82. The molecule has 37 heavy (non-hydrogen) atoms. The first-order chi connectivity index (χ1) is 17.4.